The lowest BCUT2D eigenvalue weighted by atomic mass is 9.46. The van der Waals surface area contributed by atoms with E-state index in [9.17, 15) is 14.7 Å². The molecule has 0 saturated heterocycles. The van der Waals surface area contributed by atoms with Crippen molar-refractivity contribution in [3.63, 3.8) is 0 Å². The van der Waals surface area contributed by atoms with Gasteiger partial charge in [0.1, 0.15) is 12.1 Å². The van der Waals surface area contributed by atoms with Crippen LogP contribution in [0.25, 0.3) is 0 Å². The minimum absolute atomic E-state index is 0.124. The van der Waals surface area contributed by atoms with Gasteiger partial charge < -0.3 is 20.4 Å². The van der Waals surface area contributed by atoms with Crippen LogP contribution in [0.3, 0.4) is 0 Å². The number of carbonyl (C=O) groups excluding carboxylic acids is 1. The van der Waals surface area contributed by atoms with Crippen molar-refractivity contribution >= 4 is 17.6 Å². The third-order valence-electron chi connectivity index (χ3n) is 9.18. The molecule has 174 valence electrons. The summed E-state index contributed by atoms with van der Waals surface area (Å²) in [6.07, 6.45) is 15.6. The van der Waals surface area contributed by atoms with Crippen LogP contribution in [0.15, 0.2) is 16.8 Å². The molecule has 4 aliphatic rings. The topological polar surface area (TPSA) is 108 Å². The molecule has 0 aliphatic heterocycles. The highest BCUT2D eigenvalue weighted by molar-refractivity contribution is 5.96. The zero-order chi connectivity index (χ0) is 23.1. The molecule has 0 aromatic carbocycles. The van der Waals surface area contributed by atoms with Crippen molar-refractivity contribution in [3.8, 4) is 12.3 Å². The van der Waals surface area contributed by atoms with Crippen LogP contribution >= 0.6 is 0 Å². The first-order chi connectivity index (χ1) is 15.1. The summed E-state index contributed by atoms with van der Waals surface area (Å²) in [5.74, 6) is 2.80. The molecule has 0 aromatic rings. The molecule has 0 heterocycles. The van der Waals surface area contributed by atoms with Crippen LogP contribution in [0.2, 0.25) is 0 Å². The van der Waals surface area contributed by atoms with Crippen LogP contribution in [0.4, 0.5) is 0 Å². The summed E-state index contributed by atoms with van der Waals surface area (Å²) in [5.41, 5.74) is 1.22. The van der Waals surface area contributed by atoms with Crippen LogP contribution in [-0.2, 0) is 14.4 Å². The highest BCUT2D eigenvalue weighted by Crippen LogP contribution is 2.67. The van der Waals surface area contributed by atoms with Crippen LogP contribution in [0.1, 0.15) is 65.2 Å². The zero-order valence-electron chi connectivity index (χ0n) is 19.0. The molecule has 6 atom stereocenters. The quantitative estimate of drug-likeness (QED) is 0.448. The van der Waals surface area contributed by atoms with Gasteiger partial charge in [-0.1, -0.05) is 30.5 Å². The first-order valence-corrected chi connectivity index (χ1v) is 11.7. The third kappa shape index (κ3) is 3.63. The first-order valence-electron chi connectivity index (χ1n) is 11.7. The van der Waals surface area contributed by atoms with Gasteiger partial charge in [-0.2, -0.15) is 0 Å². The minimum atomic E-state index is -1.10. The second-order valence-corrected chi connectivity index (χ2v) is 10.5. The maximum atomic E-state index is 11.6. The SMILES string of the molecule is C#C[C@@]1(O)CC[C@@H]2[C@H]3CCC4=CC(=NOCC(=O)NCC(=O)O)CC[C@]4(C)[C@@H]3CC[C@@]21C. The van der Waals surface area contributed by atoms with Gasteiger partial charge in [0.15, 0.2) is 6.61 Å². The van der Waals surface area contributed by atoms with Crippen molar-refractivity contribution in [2.75, 3.05) is 13.2 Å². The Morgan fingerprint density at radius 3 is 2.69 bits per heavy atom. The number of nitrogens with zero attached hydrogens (tertiary/aromatic N) is 1. The van der Waals surface area contributed by atoms with Crippen molar-refractivity contribution in [1.29, 1.82) is 0 Å². The van der Waals surface area contributed by atoms with Crippen molar-refractivity contribution in [2.45, 2.75) is 70.8 Å². The molecule has 1 amide bonds. The number of rotatable bonds is 5. The minimum Gasteiger partial charge on any atom is -0.480 e. The summed E-state index contributed by atoms with van der Waals surface area (Å²) in [4.78, 5) is 27.3. The molecule has 0 spiro atoms. The molecule has 0 aromatic heterocycles. The number of hydrogen-bond acceptors (Lipinski definition) is 5. The van der Waals surface area contributed by atoms with E-state index in [4.69, 9.17) is 16.4 Å². The second-order valence-electron chi connectivity index (χ2n) is 10.5. The Balaban J connectivity index is 1.44. The van der Waals surface area contributed by atoms with Gasteiger partial charge in [0.05, 0.1) is 5.71 Å². The number of terminal acetylenes is 1. The molecule has 32 heavy (non-hydrogen) atoms. The molecule has 0 bridgehead atoms. The molecule has 0 unspecified atom stereocenters. The molecule has 7 heteroatoms. The van der Waals surface area contributed by atoms with Crippen LogP contribution in [-0.4, -0.2) is 46.6 Å². The lowest BCUT2D eigenvalue weighted by Gasteiger charge is -2.58. The van der Waals surface area contributed by atoms with Gasteiger partial charge in [-0.05, 0) is 80.6 Å². The Morgan fingerprint density at radius 2 is 1.97 bits per heavy atom. The van der Waals surface area contributed by atoms with Gasteiger partial charge in [-0.3, -0.25) is 9.59 Å². The summed E-state index contributed by atoms with van der Waals surface area (Å²) >= 11 is 0. The summed E-state index contributed by atoms with van der Waals surface area (Å²) in [5, 5.41) is 26.1. The van der Waals surface area contributed by atoms with Crippen LogP contribution in [0.5, 0.6) is 0 Å². The number of carboxylic acid groups (broad SMARTS) is 1. The number of allylic oxidation sites excluding steroid dienone is 2. The van der Waals surface area contributed by atoms with E-state index in [0.29, 0.717) is 24.2 Å². The Bertz CT molecular complexity index is 904. The molecular weight excluding hydrogens is 408 g/mol. The smallest absolute Gasteiger partial charge is 0.322 e. The van der Waals surface area contributed by atoms with Gasteiger partial charge >= 0.3 is 5.97 Å². The maximum absolute atomic E-state index is 11.6. The number of fused-ring (bicyclic) bond motifs is 5. The van der Waals surface area contributed by atoms with Crippen molar-refractivity contribution < 1.29 is 24.6 Å². The number of hydrogen-bond donors (Lipinski definition) is 3. The van der Waals surface area contributed by atoms with Crippen molar-refractivity contribution in [3.05, 3.63) is 11.6 Å². The van der Waals surface area contributed by atoms with Gasteiger partial charge in [0.25, 0.3) is 5.91 Å². The highest BCUT2D eigenvalue weighted by atomic mass is 16.6. The van der Waals surface area contributed by atoms with E-state index in [1.54, 1.807) is 0 Å². The Hall–Kier alpha value is -2.33. The van der Waals surface area contributed by atoms with Gasteiger partial charge in [-0.25, -0.2) is 0 Å². The fourth-order valence-electron chi connectivity index (χ4n) is 7.30. The summed E-state index contributed by atoms with van der Waals surface area (Å²) in [7, 11) is 0. The lowest BCUT2D eigenvalue weighted by molar-refractivity contribution is -0.138. The molecule has 3 fully saturated rings. The average molecular weight is 443 g/mol. The predicted molar refractivity (Wildman–Crippen MR) is 120 cm³/mol. The number of carbonyl (C=O) groups is 2. The van der Waals surface area contributed by atoms with E-state index in [-0.39, 0.29) is 17.4 Å². The Kier molecular flexibility index (Phi) is 5.87. The average Bonchev–Trinajstić information content (AvgIpc) is 3.04. The van der Waals surface area contributed by atoms with E-state index in [0.717, 1.165) is 50.7 Å². The maximum Gasteiger partial charge on any atom is 0.322 e. The summed E-state index contributed by atoms with van der Waals surface area (Å²) in [6.45, 7) is 3.88. The monoisotopic (exact) mass is 442 g/mol. The largest absolute Gasteiger partial charge is 0.480 e. The number of aliphatic hydroxyl groups is 1. The highest BCUT2D eigenvalue weighted by Gasteiger charge is 2.63. The normalized spacial score (nSPS) is 41.5. The second kappa shape index (κ2) is 8.22. The molecule has 4 aliphatic carbocycles. The standard InChI is InChI=1S/C25H34N2O5/c1-4-25(31)12-9-20-18-6-5-16-13-17(27-32-15-21(28)26-14-22(29)30)7-10-23(16,2)19(18)8-11-24(20,25)3/h1,13,18-20,31H,5-12,14-15H2,2-3H3,(H,26,28)(H,29,30)/t18-,19+,20+,23-,24-,25+/m0/s1. The number of amides is 1. The number of carboxylic acids is 1. The third-order valence-corrected chi connectivity index (χ3v) is 9.18. The van der Waals surface area contributed by atoms with Crippen molar-refractivity contribution in [2.24, 2.45) is 33.7 Å². The van der Waals surface area contributed by atoms with Crippen molar-refractivity contribution in [1.82, 2.24) is 5.32 Å². The van der Waals surface area contributed by atoms with E-state index in [1.807, 2.05) is 0 Å². The molecule has 7 nitrogen and oxygen atoms in total. The van der Waals surface area contributed by atoms with E-state index in [1.165, 1.54) is 5.57 Å². The van der Waals surface area contributed by atoms with Crippen LogP contribution < -0.4 is 5.32 Å². The van der Waals surface area contributed by atoms with Crippen LogP contribution in [0, 0.1) is 40.9 Å². The van der Waals surface area contributed by atoms with Gasteiger partial charge in [0.2, 0.25) is 0 Å². The first kappa shape index (κ1) is 22.8. The molecule has 3 saturated carbocycles. The Morgan fingerprint density at radius 1 is 1.22 bits per heavy atom. The Labute approximate surface area is 189 Å². The zero-order valence-corrected chi connectivity index (χ0v) is 19.0. The summed E-state index contributed by atoms with van der Waals surface area (Å²) in [6, 6.07) is 0. The molecule has 0 radical (unpaired) electrons. The summed E-state index contributed by atoms with van der Waals surface area (Å²) < 4.78 is 0. The lowest BCUT2D eigenvalue weighted by Crippen LogP contribution is -2.54. The number of aliphatic carboxylic acids is 1. The number of nitrogens with one attached hydrogen (secondary N) is 1. The van der Waals surface area contributed by atoms with E-state index >= 15 is 0 Å². The molecular formula is C25H34N2O5. The van der Waals surface area contributed by atoms with E-state index in [2.05, 4.69) is 36.3 Å². The van der Waals surface area contributed by atoms with E-state index < -0.39 is 24.0 Å². The molecule has 4 rings (SSSR count). The van der Waals surface area contributed by atoms with Gasteiger partial charge in [0, 0.05) is 5.41 Å². The van der Waals surface area contributed by atoms with Gasteiger partial charge in [-0.15, -0.1) is 6.42 Å². The number of oxime groups is 1. The fourth-order valence-corrected chi connectivity index (χ4v) is 7.30. The fraction of sp³-hybridized carbons (Fsp3) is 0.720. The predicted octanol–water partition coefficient (Wildman–Crippen LogP) is 2.89. The molecule has 3 N–H and O–H groups in total.